The zero-order valence-electron chi connectivity index (χ0n) is 12.1. The predicted molar refractivity (Wildman–Crippen MR) is 81.3 cm³/mol. The molecule has 0 aliphatic carbocycles. The second-order valence-electron chi connectivity index (χ2n) is 5.39. The van der Waals surface area contributed by atoms with E-state index in [9.17, 15) is 4.79 Å². The summed E-state index contributed by atoms with van der Waals surface area (Å²) >= 11 is 5.85. The van der Waals surface area contributed by atoms with Crippen LogP contribution in [0, 0.1) is 0 Å². The normalized spacial score (nSPS) is 12.0. The van der Waals surface area contributed by atoms with E-state index >= 15 is 0 Å². The van der Waals surface area contributed by atoms with Crippen LogP contribution in [0.15, 0.2) is 24.4 Å². The first-order valence-electron chi connectivity index (χ1n) is 6.49. The van der Waals surface area contributed by atoms with Crippen molar-refractivity contribution in [3.63, 3.8) is 0 Å². The van der Waals surface area contributed by atoms with Crippen LogP contribution in [0.3, 0.4) is 0 Å². The van der Waals surface area contributed by atoms with Crippen LogP contribution in [-0.4, -0.2) is 32.8 Å². The largest absolute Gasteiger partial charge is 0.444 e. The van der Waals surface area contributed by atoms with Crippen molar-refractivity contribution in [2.75, 3.05) is 6.54 Å². The number of fused-ring (bicyclic) bond motifs is 1. The molecule has 0 radical (unpaired) electrons. The molecule has 2 rings (SSSR count). The van der Waals surface area contributed by atoms with Gasteiger partial charge in [0.1, 0.15) is 10.8 Å². The molecule has 2 aromatic rings. The minimum atomic E-state index is -0.504. The third-order valence-corrected chi connectivity index (χ3v) is 2.61. The van der Waals surface area contributed by atoms with Gasteiger partial charge in [0, 0.05) is 6.54 Å². The molecule has 2 aromatic heterocycles. The molecule has 6 nitrogen and oxygen atoms in total. The van der Waals surface area contributed by atoms with Crippen LogP contribution in [-0.2, 0) is 4.74 Å². The molecule has 0 fully saturated rings. The van der Waals surface area contributed by atoms with Crippen LogP contribution in [0.2, 0.25) is 5.15 Å². The summed E-state index contributed by atoms with van der Waals surface area (Å²) in [5.41, 5.74) is 0.980. The van der Waals surface area contributed by atoms with Crippen molar-refractivity contribution in [2.24, 2.45) is 0 Å². The molecule has 2 heterocycles. The Morgan fingerprint density at radius 3 is 2.95 bits per heavy atom. The Labute approximate surface area is 127 Å². The smallest absolute Gasteiger partial charge is 0.407 e. The van der Waals surface area contributed by atoms with E-state index in [1.165, 1.54) is 0 Å². The number of rotatable bonds is 3. The summed E-state index contributed by atoms with van der Waals surface area (Å²) in [5.74, 6) is 0. The van der Waals surface area contributed by atoms with Crippen molar-refractivity contribution < 1.29 is 9.53 Å². The Bertz CT molecular complexity index is 673. The summed E-state index contributed by atoms with van der Waals surface area (Å²) < 4.78 is 6.76. The number of hydrogen-bond acceptors (Lipinski definition) is 4. The van der Waals surface area contributed by atoms with E-state index in [4.69, 9.17) is 16.3 Å². The van der Waals surface area contributed by atoms with Gasteiger partial charge in [-0.25, -0.2) is 14.3 Å². The Kier molecular flexibility index (Phi) is 4.47. The number of ether oxygens (including phenoxy) is 1. The molecule has 112 valence electrons. The molecular formula is C14H17ClN4O2. The first-order valence-corrected chi connectivity index (χ1v) is 6.87. The van der Waals surface area contributed by atoms with Crippen molar-refractivity contribution in [3.05, 3.63) is 35.3 Å². The van der Waals surface area contributed by atoms with Crippen molar-refractivity contribution in [1.29, 1.82) is 0 Å². The lowest BCUT2D eigenvalue weighted by Crippen LogP contribution is -2.32. The molecule has 21 heavy (non-hydrogen) atoms. The molecule has 1 amide bonds. The van der Waals surface area contributed by atoms with Gasteiger partial charge >= 0.3 is 6.09 Å². The van der Waals surface area contributed by atoms with Crippen LogP contribution < -0.4 is 5.32 Å². The summed E-state index contributed by atoms with van der Waals surface area (Å²) in [4.78, 5) is 15.7. The fraction of sp³-hybridized carbons (Fsp3) is 0.357. The number of nitrogens with one attached hydrogen (secondary N) is 1. The lowest BCUT2D eigenvalue weighted by molar-refractivity contribution is 0.0534. The first-order chi connectivity index (χ1) is 9.85. The summed E-state index contributed by atoms with van der Waals surface area (Å²) in [5, 5.41) is 7.18. The zero-order valence-corrected chi connectivity index (χ0v) is 12.9. The lowest BCUT2D eigenvalue weighted by atomic mass is 10.2. The third-order valence-electron chi connectivity index (χ3n) is 2.41. The number of amides is 1. The second kappa shape index (κ2) is 6.13. The predicted octanol–water partition coefficient (Wildman–Crippen LogP) is 2.92. The molecular weight excluding hydrogens is 292 g/mol. The number of carbonyl (C=O) groups is 1. The topological polar surface area (TPSA) is 68.5 Å². The fourth-order valence-corrected chi connectivity index (χ4v) is 1.76. The maximum absolute atomic E-state index is 11.5. The van der Waals surface area contributed by atoms with E-state index < -0.39 is 11.7 Å². The van der Waals surface area contributed by atoms with Gasteiger partial charge in [0.25, 0.3) is 0 Å². The van der Waals surface area contributed by atoms with E-state index in [0.29, 0.717) is 17.3 Å². The van der Waals surface area contributed by atoms with E-state index in [2.05, 4.69) is 15.4 Å². The van der Waals surface area contributed by atoms with E-state index in [-0.39, 0.29) is 0 Å². The Morgan fingerprint density at radius 2 is 2.24 bits per heavy atom. The molecule has 0 saturated heterocycles. The highest BCUT2D eigenvalue weighted by Crippen LogP contribution is 2.10. The molecule has 1 N–H and O–H groups in total. The minimum Gasteiger partial charge on any atom is -0.444 e. The highest BCUT2D eigenvalue weighted by atomic mass is 35.5. The maximum atomic E-state index is 11.5. The van der Waals surface area contributed by atoms with Gasteiger partial charge in [0.15, 0.2) is 5.65 Å². The summed E-state index contributed by atoms with van der Waals surface area (Å²) in [6.07, 6.45) is 4.82. The fourth-order valence-electron chi connectivity index (χ4n) is 1.62. The Hall–Kier alpha value is -2.08. The molecule has 7 heteroatoms. The molecule has 0 aromatic carbocycles. The Balaban J connectivity index is 1.95. The molecule has 0 saturated carbocycles. The maximum Gasteiger partial charge on any atom is 0.407 e. The highest BCUT2D eigenvalue weighted by Gasteiger charge is 2.14. The van der Waals surface area contributed by atoms with Gasteiger partial charge in [0.2, 0.25) is 0 Å². The van der Waals surface area contributed by atoms with Gasteiger partial charge in [0.05, 0.1) is 11.9 Å². The second-order valence-corrected chi connectivity index (χ2v) is 5.78. The van der Waals surface area contributed by atoms with E-state index in [1.54, 1.807) is 35.0 Å². The van der Waals surface area contributed by atoms with Gasteiger partial charge in [-0.3, -0.25) is 0 Å². The van der Waals surface area contributed by atoms with Crippen LogP contribution in [0.4, 0.5) is 4.79 Å². The molecule has 0 unspecified atom stereocenters. The van der Waals surface area contributed by atoms with Crippen molar-refractivity contribution in [2.45, 2.75) is 26.4 Å². The van der Waals surface area contributed by atoms with Crippen LogP contribution in [0.5, 0.6) is 0 Å². The number of aromatic nitrogens is 3. The molecule has 0 atom stereocenters. The number of carbonyl (C=O) groups excluding carboxylic acids is 1. The van der Waals surface area contributed by atoms with Crippen molar-refractivity contribution >= 4 is 29.4 Å². The van der Waals surface area contributed by atoms with Crippen molar-refractivity contribution in [1.82, 2.24) is 19.9 Å². The lowest BCUT2D eigenvalue weighted by Gasteiger charge is -2.19. The van der Waals surface area contributed by atoms with Crippen LogP contribution in [0.1, 0.15) is 26.5 Å². The molecule has 0 bridgehead atoms. The number of imidazole rings is 1. The Morgan fingerprint density at radius 1 is 1.48 bits per heavy atom. The number of hydrogen-bond donors (Lipinski definition) is 1. The third kappa shape index (κ3) is 4.46. The average Bonchev–Trinajstić information content (AvgIpc) is 2.75. The van der Waals surface area contributed by atoms with E-state index in [0.717, 1.165) is 5.69 Å². The molecule has 0 spiro atoms. The van der Waals surface area contributed by atoms with Gasteiger partial charge in [-0.1, -0.05) is 17.7 Å². The van der Waals surface area contributed by atoms with Gasteiger partial charge < -0.3 is 10.1 Å². The van der Waals surface area contributed by atoms with Gasteiger partial charge in [-0.05, 0) is 39.0 Å². The first kappa shape index (κ1) is 15.3. The average molecular weight is 309 g/mol. The molecule has 0 aliphatic heterocycles. The van der Waals surface area contributed by atoms with Crippen molar-refractivity contribution in [3.8, 4) is 0 Å². The highest BCUT2D eigenvalue weighted by molar-refractivity contribution is 6.29. The van der Waals surface area contributed by atoms with Crippen LogP contribution >= 0.6 is 11.6 Å². The number of alkyl carbamates (subject to hydrolysis) is 1. The van der Waals surface area contributed by atoms with E-state index in [1.807, 2.05) is 20.8 Å². The monoisotopic (exact) mass is 308 g/mol. The van der Waals surface area contributed by atoms with Gasteiger partial charge in [-0.15, -0.1) is 0 Å². The minimum absolute atomic E-state index is 0.350. The van der Waals surface area contributed by atoms with Crippen LogP contribution in [0.25, 0.3) is 11.7 Å². The SMILES string of the molecule is CC(C)(C)OC(=O)NCC=Cc1cnc2ccc(Cl)nn12. The summed E-state index contributed by atoms with van der Waals surface area (Å²) in [6.45, 7) is 5.80. The summed E-state index contributed by atoms with van der Waals surface area (Å²) in [7, 11) is 0. The zero-order chi connectivity index (χ0) is 15.5. The number of nitrogens with zero attached hydrogens (tertiary/aromatic N) is 3. The van der Waals surface area contributed by atoms with Gasteiger partial charge in [-0.2, -0.15) is 5.10 Å². The summed E-state index contributed by atoms with van der Waals surface area (Å²) in [6, 6.07) is 3.47. The molecule has 0 aliphatic rings. The standard InChI is InChI=1S/C14H17ClN4O2/c1-14(2,3)21-13(20)16-8-4-5-10-9-17-12-7-6-11(15)18-19(10)12/h4-7,9H,8H2,1-3H3,(H,16,20). The quantitative estimate of drug-likeness (QED) is 0.946. The number of halogens is 1.